The Hall–Kier alpha value is -3.21. The normalized spacial score (nSPS) is 9.91. The fourth-order valence-corrected chi connectivity index (χ4v) is 2.04. The first-order valence-electron chi connectivity index (χ1n) is 6.12. The molecule has 0 aliphatic rings. The molecular weight excluding hydrogens is 290 g/mol. The number of nitrogens with one attached hydrogen (secondary N) is 2. The lowest BCUT2D eigenvalue weighted by molar-refractivity contribution is 0.324. The molecule has 2 aromatic rings. The van der Waals surface area contributed by atoms with Gasteiger partial charge in [-0.3, -0.25) is 9.78 Å². The predicted molar refractivity (Wildman–Crippen MR) is 77.5 cm³/mol. The van der Waals surface area contributed by atoms with Gasteiger partial charge in [-0.1, -0.05) is 0 Å². The lowest BCUT2D eigenvalue weighted by Crippen LogP contribution is -2.25. The van der Waals surface area contributed by atoms with Crippen molar-refractivity contribution in [2.75, 3.05) is 21.3 Å². The second kappa shape index (κ2) is 6.05. The maximum Gasteiger partial charge on any atom is 0.326 e. The monoisotopic (exact) mass is 303 g/mol. The third-order valence-electron chi connectivity index (χ3n) is 3.01. The van der Waals surface area contributed by atoms with E-state index in [1.54, 1.807) is 6.07 Å². The van der Waals surface area contributed by atoms with Gasteiger partial charge >= 0.3 is 5.69 Å². The maximum atomic E-state index is 11.7. The molecule has 1 aromatic heterocycles. The number of aromatic amines is 2. The number of aromatic nitrogens is 2. The highest BCUT2D eigenvalue weighted by atomic mass is 16.5. The van der Waals surface area contributed by atoms with Crippen LogP contribution in [-0.2, 0) is 0 Å². The van der Waals surface area contributed by atoms with Crippen molar-refractivity contribution in [3.05, 3.63) is 38.5 Å². The summed E-state index contributed by atoms with van der Waals surface area (Å²) >= 11 is 0. The van der Waals surface area contributed by atoms with Gasteiger partial charge in [0.2, 0.25) is 5.75 Å². The van der Waals surface area contributed by atoms with E-state index < -0.39 is 11.2 Å². The van der Waals surface area contributed by atoms with Crippen LogP contribution in [0.15, 0.2) is 21.7 Å². The standard InChI is InChI=1S/C14H13N3O5/c1-20-9-4-7(5-10(21-2)12(9)22-3)11-8(6-15)13(18)17-14(19)16-11/h4-5H,1-3H3,(H2,16,17,18,19). The number of ether oxygens (including phenoxy) is 3. The molecule has 0 saturated carbocycles. The van der Waals surface area contributed by atoms with Gasteiger partial charge in [-0.25, -0.2) is 4.79 Å². The average molecular weight is 303 g/mol. The minimum Gasteiger partial charge on any atom is -0.493 e. The van der Waals surface area contributed by atoms with Gasteiger partial charge < -0.3 is 19.2 Å². The third-order valence-corrected chi connectivity index (χ3v) is 3.01. The van der Waals surface area contributed by atoms with Crippen LogP contribution in [0, 0.1) is 11.3 Å². The molecule has 0 radical (unpaired) electrons. The summed E-state index contributed by atoms with van der Waals surface area (Å²) in [6, 6.07) is 4.84. The van der Waals surface area contributed by atoms with Crippen LogP contribution < -0.4 is 25.5 Å². The van der Waals surface area contributed by atoms with Crippen LogP contribution in [0.5, 0.6) is 17.2 Å². The number of hydrogen-bond acceptors (Lipinski definition) is 6. The highest BCUT2D eigenvalue weighted by Gasteiger charge is 2.18. The molecule has 2 N–H and O–H groups in total. The summed E-state index contributed by atoms with van der Waals surface area (Å²) in [5.41, 5.74) is -1.23. The minimum absolute atomic E-state index is 0.0792. The van der Waals surface area contributed by atoms with Gasteiger partial charge in [-0.15, -0.1) is 0 Å². The summed E-state index contributed by atoms with van der Waals surface area (Å²) in [5.74, 6) is 1.03. The third kappa shape index (κ3) is 2.52. The summed E-state index contributed by atoms with van der Waals surface area (Å²) < 4.78 is 15.6. The molecule has 8 heteroatoms. The van der Waals surface area contributed by atoms with Crippen LogP contribution in [0.4, 0.5) is 0 Å². The zero-order chi connectivity index (χ0) is 16.3. The molecule has 0 aliphatic carbocycles. The van der Waals surface area contributed by atoms with E-state index in [-0.39, 0.29) is 11.3 Å². The van der Waals surface area contributed by atoms with Crippen LogP contribution in [0.3, 0.4) is 0 Å². The Labute approximate surface area is 124 Å². The Morgan fingerprint density at radius 1 is 1.00 bits per heavy atom. The van der Waals surface area contributed by atoms with Crippen LogP contribution in [0.2, 0.25) is 0 Å². The SMILES string of the molecule is COc1cc(-c2[nH]c(=O)[nH]c(=O)c2C#N)cc(OC)c1OC. The molecule has 22 heavy (non-hydrogen) atoms. The average Bonchev–Trinajstić information content (AvgIpc) is 2.52. The largest absolute Gasteiger partial charge is 0.493 e. The Balaban J connectivity index is 2.82. The molecule has 0 aliphatic heterocycles. The van der Waals surface area contributed by atoms with E-state index >= 15 is 0 Å². The van der Waals surface area contributed by atoms with E-state index in [9.17, 15) is 9.59 Å². The highest BCUT2D eigenvalue weighted by Crippen LogP contribution is 2.40. The molecule has 2 rings (SSSR count). The maximum absolute atomic E-state index is 11.7. The van der Waals surface area contributed by atoms with Crippen molar-refractivity contribution >= 4 is 0 Å². The Bertz CT molecular complexity index is 835. The van der Waals surface area contributed by atoms with E-state index in [0.717, 1.165) is 0 Å². The molecule has 0 bridgehead atoms. The minimum atomic E-state index is -0.769. The van der Waals surface area contributed by atoms with E-state index in [1.807, 2.05) is 4.98 Å². The molecule has 0 spiro atoms. The van der Waals surface area contributed by atoms with Gasteiger partial charge in [0.1, 0.15) is 11.6 Å². The molecular formula is C14H13N3O5. The van der Waals surface area contributed by atoms with Crippen molar-refractivity contribution in [2.45, 2.75) is 0 Å². The summed E-state index contributed by atoms with van der Waals surface area (Å²) in [4.78, 5) is 27.6. The first kappa shape index (κ1) is 15.2. The number of hydrogen-bond donors (Lipinski definition) is 2. The number of methoxy groups -OCH3 is 3. The molecule has 114 valence electrons. The Morgan fingerprint density at radius 2 is 1.59 bits per heavy atom. The van der Waals surface area contributed by atoms with Crippen LogP contribution in [0.25, 0.3) is 11.3 Å². The molecule has 0 fully saturated rings. The smallest absolute Gasteiger partial charge is 0.326 e. The number of nitriles is 1. The highest BCUT2D eigenvalue weighted by molar-refractivity contribution is 5.72. The van der Waals surface area contributed by atoms with E-state index in [1.165, 1.54) is 33.5 Å². The summed E-state index contributed by atoms with van der Waals surface area (Å²) in [6.07, 6.45) is 0. The first-order chi connectivity index (χ1) is 10.5. The van der Waals surface area contributed by atoms with Crippen LogP contribution in [-0.4, -0.2) is 31.3 Å². The number of rotatable bonds is 4. The van der Waals surface area contributed by atoms with Crippen LogP contribution in [0.1, 0.15) is 5.56 Å². The Kier molecular flexibility index (Phi) is 4.18. The summed E-state index contributed by atoms with van der Waals surface area (Å²) in [6.45, 7) is 0. The molecule has 0 unspecified atom stereocenters. The second-order valence-corrected chi connectivity index (χ2v) is 4.18. The van der Waals surface area contributed by atoms with Crippen molar-refractivity contribution in [2.24, 2.45) is 0 Å². The summed E-state index contributed by atoms with van der Waals surface area (Å²) in [5, 5.41) is 9.13. The lowest BCUT2D eigenvalue weighted by atomic mass is 10.1. The van der Waals surface area contributed by atoms with Gasteiger partial charge in [-0.05, 0) is 12.1 Å². The van der Waals surface area contributed by atoms with Gasteiger partial charge in [0.15, 0.2) is 11.5 Å². The number of H-pyrrole nitrogens is 2. The topological polar surface area (TPSA) is 117 Å². The Morgan fingerprint density at radius 3 is 2.05 bits per heavy atom. The van der Waals surface area contributed by atoms with Crippen molar-refractivity contribution in [1.29, 1.82) is 5.26 Å². The van der Waals surface area contributed by atoms with E-state index in [0.29, 0.717) is 22.8 Å². The molecule has 1 aromatic carbocycles. The zero-order valence-electron chi connectivity index (χ0n) is 12.1. The summed E-state index contributed by atoms with van der Waals surface area (Å²) in [7, 11) is 4.33. The zero-order valence-corrected chi connectivity index (χ0v) is 12.1. The molecule has 0 atom stereocenters. The van der Waals surface area contributed by atoms with Crippen molar-refractivity contribution in [1.82, 2.24) is 9.97 Å². The fourth-order valence-electron chi connectivity index (χ4n) is 2.04. The molecule has 0 amide bonds. The van der Waals surface area contributed by atoms with Crippen LogP contribution >= 0.6 is 0 Å². The fraction of sp³-hybridized carbons (Fsp3) is 0.214. The molecule has 8 nitrogen and oxygen atoms in total. The predicted octanol–water partition coefficient (Wildman–Crippen LogP) is 0.628. The van der Waals surface area contributed by atoms with Gasteiger partial charge in [0.25, 0.3) is 5.56 Å². The first-order valence-corrected chi connectivity index (χ1v) is 6.12. The number of nitrogens with zero attached hydrogens (tertiary/aromatic N) is 1. The quantitative estimate of drug-likeness (QED) is 0.855. The van der Waals surface area contributed by atoms with Gasteiger partial charge in [0, 0.05) is 5.56 Å². The molecule has 1 heterocycles. The number of benzene rings is 1. The van der Waals surface area contributed by atoms with Gasteiger partial charge in [-0.2, -0.15) is 5.26 Å². The lowest BCUT2D eigenvalue weighted by Gasteiger charge is -2.14. The van der Waals surface area contributed by atoms with Crippen molar-refractivity contribution in [3.8, 4) is 34.6 Å². The van der Waals surface area contributed by atoms with Crippen molar-refractivity contribution in [3.63, 3.8) is 0 Å². The second-order valence-electron chi connectivity index (χ2n) is 4.18. The molecule has 0 saturated heterocycles. The van der Waals surface area contributed by atoms with E-state index in [4.69, 9.17) is 19.5 Å². The van der Waals surface area contributed by atoms with Gasteiger partial charge in [0.05, 0.1) is 27.0 Å². The van der Waals surface area contributed by atoms with E-state index in [2.05, 4.69) is 4.98 Å². The van der Waals surface area contributed by atoms with Crippen molar-refractivity contribution < 1.29 is 14.2 Å².